The van der Waals surface area contributed by atoms with Crippen LogP contribution in [0, 0.1) is 6.92 Å². The van der Waals surface area contributed by atoms with E-state index >= 15 is 0 Å². The maximum atomic E-state index is 11.6. The molecule has 4 nitrogen and oxygen atoms in total. The molecule has 1 aromatic heterocycles. The van der Waals surface area contributed by atoms with Crippen molar-refractivity contribution in [2.75, 3.05) is 7.05 Å². The van der Waals surface area contributed by atoms with E-state index in [4.69, 9.17) is 0 Å². The van der Waals surface area contributed by atoms with E-state index < -0.39 is 0 Å². The van der Waals surface area contributed by atoms with Crippen molar-refractivity contribution in [2.24, 2.45) is 0 Å². The van der Waals surface area contributed by atoms with Crippen molar-refractivity contribution in [3.8, 4) is 0 Å². The molecule has 2 N–H and O–H groups in total. The minimum absolute atomic E-state index is 0.0813. The fourth-order valence-corrected chi connectivity index (χ4v) is 4.25. The second kappa shape index (κ2) is 6.03. The van der Waals surface area contributed by atoms with Gasteiger partial charge in [-0.1, -0.05) is 36.0 Å². The van der Waals surface area contributed by atoms with Crippen LogP contribution in [0.3, 0.4) is 0 Å². The summed E-state index contributed by atoms with van der Waals surface area (Å²) in [4.78, 5) is 18.8. The lowest BCUT2D eigenvalue weighted by molar-refractivity contribution is 0.509. The maximum Gasteiger partial charge on any atom is 0.251 e. The molecule has 1 aliphatic carbocycles. The summed E-state index contributed by atoms with van der Waals surface area (Å²) in [6.07, 6.45) is 2.15. The van der Waals surface area contributed by atoms with Crippen molar-refractivity contribution < 1.29 is 0 Å². The first kappa shape index (κ1) is 14.4. The third kappa shape index (κ3) is 3.04. The van der Waals surface area contributed by atoms with Crippen LogP contribution in [0.4, 0.5) is 0 Å². The average Bonchev–Trinajstić information content (AvgIpc) is 2.46. The number of hydrogen-bond donors (Lipinski definition) is 2. The number of hydrogen-bond acceptors (Lipinski definition) is 4. The lowest BCUT2D eigenvalue weighted by Gasteiger charge is -2.32. The van der Waals surface area contributed by atoms with Crippen molar-refractivity contribution in [3.63, 3.8) is 0 Å². The topological polar surface area (TPSA) is 57.8 Å². The number of benzene rings is 1. The number of nitrogens with zero attached hydrogens (tertiary/aromatic N) is 1. The summed E-state index contributed by atoms with van der Waals surface area (Å²) >= 11 is 1.66. The van der Waals surface area contributed by atoms with Gasteiger partial charge in [0.1, 0.15) is 0 Å². The molecule has 2 aromatic rings. The zero-order chi connectivity index (χ0) is 14.8. The van der Waals surface area contributed by atoms with Crippen molar-refractivity contribution >= 4 is 11.8 Å². The highest BCUT2D eigenvalue weighted by atomic mass is 32.2. The summed E-state index contributed by atoms with van der Waals surface area (Å²) in [5.74, 6) is 0. The highest BCUT2D eigenvalue weighted by molar-refractivity contribution is 7.99. The Bertz CT molecular complexity index is 698. The maximum absolute atomic E-state index is 11.6. The van der Waals surface area contributed by atoms with Crippen molar-refractivity contribution in [3.05, 3.63) is 57.5 Å². The largest absolute Gasteiger partial charge is 0.312 e. The molecule has 0 saturated heterocycles. The predicted octanol–water partition coefficient (Wildman–Crippen LogP) is 2.45. The van der Waals surface area contributed by atoms with Crippen LogP contribution >= 0.6 is 11.8 Å². The van der Waals surface area contributed by atoms with Gasteiger partial charge in [0.05, 0.1) is 0 Å². The summed E-state index contributed by atoms with van der Waals surface area (Å²) < 4.78 is 0. The molecule has 2 unspecified atom stereocenters. The fraction of sp³-hybridized carbons (Fsp3) is 0.375. The number of rotatable bonds is 3. The van der Waals surface area contributed by atoms with E-state index in [1.165, 1.54) is 17.2 Å². The van der Waals surface area contributed by atoms with E-state index in [-0.39, 0.29) is 11.6 Å². The van der Waals surface area contributed by atoms with Gasteiger partial charge in [-0.3, -0.25) is 4.79 Å². The molecule has 3 rings (SSSR count). The van der Waals surface area contributed by atoms with Crippen molar-refractivity contribution in [1.82, 2.24) is 15.3 Å². The van der Waals surface area contributed by atoms with Crippen molar-refractivity contribution in [2.45, 2.75) is 36.2 Å². The Labute approximate surface area is 128 Å². The summed E-state index contributed by atoms with van der Waals surface area (Å²) in [5, 5.41) is 4.50. The van der Waals surface area contributed by atoms with Crippen LogP contribution in [0.5, 0.6) is 0 Å². The van der Waals surface area contributed by atoms with Gasteiger partial charge in [0, 0.05) is 23.1 Å². The van der Waals surface area contributed by atoms with Gasteiger partial charge in [0.25, 0.3) is 5.56 Å². The summed E-state index contributed by atoms with van der Waals surface area (Å²) in [5.41, 5.74) is 3.46. The molecule has 1 aliphatic rings. The highest BCUT2D eigenvalue weighted by Crippen LogP contribution is 2.38. The summed E-state index contributed by atoms with van der Waals surface area (Å²) in [6.45, 7) is 1.85. The number of nitrogens with one attached hydrogen (secondary N) is 2. The molecule has 1 heterocycles. The number of fused-ring (bicyclic) bond motifs is 1. The number of H-pyrrole nitrogens is 1. The van der Waals surface area contributed by atoms with Gasteiger partial charge in [0.2, 0.25) is 0 Å². The van der Waals surface area contributed by atoms with E-state index in [1.807, 2.05) is 14.0 Å². The van der Waals surface area contributed by atoms with Gasteiger partial charge in [-0.25, -0.2) is 4.98 Å². The van der Waals surface area contributed by atoms with E-state index in [9.17, 15) is 4.79 Å². The molecule has 0 saturated carbocycles. The number of aromatic amines is 1. The SMILES string of the molecule is CNC1c2ccccc2CCC1Sc1nc(C)cc(=O)[nH]1. The first-order valence-corrected chi connectivity index (χ1v) is 8.05. The zero-order valence-corrected chi connectivity index (χ0v) is 13.0. The lowest BCUT2D eigenvalue weighted by Crippen LogP contribution is -2.32. The Hall–Kier alpha value is -1.59. The number of aromatic nitrogens is 2. The van der Waals surface area contributed by atoms with E-state index in [0.29, 0.717) is 10.4 Å². The molecule has 0 fully saturated rings. The Morgan fingerprint density at radius 2 is 2.19 bits per heavy atom. The Kier molecular flexibility index (Phi) is 4.12. The average molecular weight is 301 g/mol. The van der Waals surface area contributed by atoms with Gasteiger partial charge in [-0.05, 0) is 37.9 Å². The predicted molar refractivity (Wildman–Crippen MR) is 85.8 cm³/mol. The molecule has 1 aromatic carbocycles. The van der Waals surface area contributed by atoms with E-state index in [0.717, 1.165) is 18.5 Å². The van der Waals surface area contributed by atoms with Gasteiger partial charge in [0.15, 0.2) is 5.16 Å². The van der Waals surface area contributed by atoms with Crippen LogP contribution in [0.1, 0.15) is 29.3 Å². The molecule has 2 atom stereocenters. The number of thioether (sulfide) groups is 1. The van der Waals surface area contributed by atoms with Crippen LogP contribution in [0.25, 0.3) is 0 Å². The van der Waals surface area contributed by atoms with E-state index in [1.54, 1.807) is 11.8 Å². The van der Waals surface area contributed by atoms with Crippen LogP contribution in [-0.2, 0) is 6.42 Å². The first-order valence-electron chi connectivity index (χ1n) is 7.17. The third-order valence-electron chi connectivity index (χ3n) is 3.88. The zero-order valence-electron chi connectivity index (χ0n) is 12.2. The quantitative estimate of drug-likeness (QED) is 0.855. The molecular weight excluding hydrogens is 282 g/mol. The molecular formula is C16H19N3OS. The molecule has 110 valence electrons. The summed E-state index contributed by atoms with van der Waals surface area (Å²) in [6, 6.07) is 10.4. The van der Waals surface area contributed by atoms with Crippen LogP contribution in [-0.4, -0.2) is 22.3 Å². The molecule has 0 aliphatic heterocycles. The van der Waals surface area contributed by atoms with Crippen LogP contribution in [0.15, 0.2) is 40.3 Å². The van der Waals surface area contributed by atoms with Crippen LogP contribution < -0.4 is 10.9 Å². The minimum atomic E-state index is -0.0813. The highest BCUT2D eigenvalue weighted by Gasteiger charge is 2.29. The van der Waals surface area contributed by atoms with Gasteiger partial charge < -0.3 is 10.3 Å². The standard InChI is InChI=1S/C16H19N3OS/c1-10-9-14(20)19-16(18-10)21-13-8-7-11-5-3-4-6-12(11)15(13)17-2/h3-6,9,13,15,17H,7-8H2,1-2H3,(H,18,19,20). The third-order valence-corrected chi connectivity index (χ3v) is 5.11. The van der Waals surface area contributed by atoms with Gasteiger partial charge in [-0.2, -0.15) is 0 Å². The smallest absolute Gasteiger partial charge is 0.251 e. The molecule has 0 amide bonds. The van der Waals surface area contributed by atoms with Crippen LogP contribution in [0.2, 0.25) is 0 Å². The summed E-state index contributed by atoms with van der Waals surface area (Å²) in [7, 11) is 1.99. The Morgan fingerprint density at radius 3 is 2.95 bits per heavy atom. The molecule has 0 bridgehead atoms. The minimum Gasteiger partial charge on any atom is -0.312 e. The second-order valence-electron chi connectivity index (χ2n) is 5.35. The first-order chi connectivity index (χ1) is 10.2. The van der Waals surface area contributed by atoms with Gasteiger partial charge in [-0.15, -0.1) is 0 Å². The number of aryl methyl sites for hydroxylation is 2. The molecule has 5 heteroatoms. The molecule has 0 radical (unpaired) electrons. The Balaban J connectivity index is 1.87. The molecule has 21 heavy (non-hydrogen) atoms. The fourth-order valence-electron chi connectivity index (χ4n) is 2.95. The Morgan fingerprint density at radius 1 is 1.38 bits per heavy atom. The molecule has 0 spiro atoms. The van der Waals surface area contributed by atoms with E-state index in [2.05, 4.69) is 39.6 Å². The van der Waals surface area contributed by atoms with Gasteiger partial charge >= 0.3 is 0 Å². The normalized spacial score (nSPS) is 21.0. The monoisotopic (exact) mass is 301 g/mol. The second-order valence-corrected chi connectivity index (χ2v) is 6.58. The van der Waals surface area contributed by atoms with Crippen molar-refractivity contribution in [1.29, 1.82) is 0 Å². The lowest BCUT2D eigenvalue weighted by atomic mass is 9.87.